The Morgan fingerprint density at radius 3 is 2.38 bits per heavy atom. The van der Waals surface area contributed by atoms with Gasteiger partial charge in [0.1, 0.15) is 5.82 Å². The Kier molecular flexibility index (Phi) is 6.34. The van der Waals surface area contributed by atoms with E-state index in [-0.39, 0.29) is 11.7 Å². The summed E-state index contributed by atoms with van der Waals surface area (Å²) in [5, 5.41) is 2.97. The molecule has 0 unspecified atom stereocenters. The van der Waals surface area contributed by atoms with Gasteiger partial charge in [0.2, 0.25) is 0 Å². The molecule has 0 atom stereocenters. The maximum absolute atomic E-state index is 13.1. The lowest BCUT2D eigenvalue weighted by Gasteiger charge is -2.26. The van der Waals surface area contributed by atoms with Crippen LogP contribution in [-0.2, 0) is 17.8 Å². The van der Waals surface area contributed by atoms with Gasteiger partial charge in [0.15, 0.2) is 0 Å². The van der Waals surface area contributed by atoms with Crippen molar-refractivity contribution in [3.05, 3.63) is 82.5 Å². The number of nitrogens with one attached hydrogen (secondary N) is 1. The van der Waals surface area contributed by atoms with Gasteiger partial charge in [0, 0.05) is 31.1 Å². The first-order valence-corrected chi connectivity index (χ1v) is 10.5. The minimum absolute atomic E-state index is 0.0965. The predicted molar refractivity (Wildman–Crippen MR) is 113 cm³/mol. The number of amides is 1. The molecule has 150 valence electrons. The lowest BCUT2D eigenvalue weighted by Crippen LogP contribution is -2.35. The smallest absolute Gasteiger partial charge is 0.261 e. The van der Waals surface area contributed by atoms with Crippen molar-refractivity contribution in [1.29, 1.82) is 0 Å². The average molecular weight is 411 g/mol. The summed E-state index contributed by atoms with van der Waals surface area (Å²) in [5.41, 5.74) is 3.25. The number of carbonyl (C=O) groups is 1. The molecule has 1 aromatic heterocycles. The third kappa shape index (κ3) is 5.29. The zero-order valence-electron chi connectivity index (χ0n) is 16.1. The quantitative estimate of drug-likeness (QED) is 0.658. The van der Waals surface area contributed by atoms with Crippen molar-refractivity contribution in [2.75, 3.05) is 26.3 Å². The molecular weight excluding hydrogens is 387 g/mol. The molecule has 0 radical (unpaired) electrons. The molecule has 3 aromatic rings. The largest absolute Gasteiger partial charge is 0.379 e. The van der Waals surface area contributed by atoms with E-state index < -0.39 is 0 Å². The Morgan fingerprint density at radius 2 is 1.66 bits per heavy atom. The van der Waals surface area contributed by atoms with Crippen LogP contribution in [0.4, 0.5) is 4.39 Å². The Morgan fingerprint density at radius 1 is 0.966 bits per heavy atom. The molecule has 1 saturated heterocycles. The summed E-state index contributed by atoms with van der Waals surface area (Å²) in [5.74, 6) is -0.361. The van der Waals surface area contributed by atoms with Crippen LogP contribution in [-0.4, -0.2) is 37.1 Å². The van der Waals surface area contributed by atoms with E-state index in [1.54, 1.807) is 12.1 Å². The Labute approximate surface area is 173 Å². The van der Waals surface area contributed by atoms with Gasteiger partial charge in [-0.25, -0.2) is 4.39 Å². The van der Waals surface area contributed by atoms with Gasteiger partial charge in [-0.2, -0.15) is 0 Å². The summed E-state index contributed by atoms with van der Waals surface area (Å²) >= 11 is 1.41. The first-order chi connectivity index (χ1) is 14.2. The van der Waals surface area contributed by atoms with E-state index in [0.29, 0.717) is 11.4 Å². The third-order valence-electron chi connectivity index (χ3n) is 4.94. The fourth-order valence-electron chi connectivity index (χ4n) is 3.28. The van der Waals surface area contributed by atoms with Crippen LogP contribution in [0.15, 0.2) is 60.7 Å². The second-order valence-corrected chi connectivity index (χ2v) is 8.14. The zero-order valence-corrected chi connectivity index (χ0v) is 16.9. The molecule has 0 aliphatic carbocycles. The highest BCUT2D eigenvalue weighted by Gasteiger charge is 2.12. The van der Waals surface area contributed by atoms with Gasteiger partial charge in [-0.05, 0) is 41.0 Å². The molecule has 1 aliphatic heterocycles. The molecule has 29 heavy (non-hydrogen) atoms. The molecule has 6 heteroatoms. The molecular formula is C23H23FN2O2S. The first kappa shape index (κ1) is 19.8. The van der Waals surface area contributed by atoms with Crippen LogP contribution in [0.3, 0.4) is 0 Å². The molecule has 0 saturated carbocycles. The summed E-state index contributed by atoms with van der Waals surface area (Å²) in [4.78, 5) is 16.4. The van der Waals surface area contributed by atoms with Crippen molar-refractivity contribution in [3.63, 3.8) is 0 Å². The van der Waals surface area contributed by atoms with Crippen LogP contribution in [0.2, 0.25) is 0 Å². The second kappa shape index (κ2) is 9.31. The minimum atomic E-state index is -0.265. The highest BCUT2D eigenvalue weighted by molar-refractivity contribution is 7.17. The van der Waals surface area contributed by atoms with Crippen molar-refractivity contribution in [1.82, 2.24) is 10.2 Å². The fourth-order valence-corrected chi connectivity index (χ4v) is 4.21. The summed E-state index contributed by atoms with van der Waals surface area (Å²) in [6.07, 6.45) is 0. The minimum Gasteiger partial charge on any atom is -0.379 e. The van der Waals surface area contributed by atoms with Gasteiger partial charge in [-0.15, -0.1) is 11.3 Å². The molecule has 1 amide bonds. The lowest BCUT2D eigenvalue weighted by molar-refractivity contribution is 0.0342. The maximum Gasteiger partial charge on any atom is 0.261 e. The van der Waals surface area contributed by atoms with Gasteiger partial charge >= 0.3 is 0 Å². The maximum atomic E-state index is 13.1. The van der Waals surface area contributed by atoms with Gasteiger partial charge in [-0.3, -0.25) is 9.69 Å². The number of carbonyl (C=O) groups excluding carboxylic acids is 1. The topological polar surface area (TPSA) is 41.6 Å². The van der Waals surface area contributed by atoms with Crippen LogP contribution >= 0.6 is 11.3 Å². The van der Waals surface area contributed by atoms with Crippen LogP contribution in [0.5, 0.6) is 0 Å². The summed E-state index contributed by atoms with van der Waals surface area (Å²) in [6.45, 7) is 4.96. The summed E-state index contributed by atoms with van der Waals surface area (Å²) < 4.78 is 18.5. The van der Waals surface area contributed by atoms with Crippen molar-refractivity contribution in [2.24, 2.45) is 0 Å². The molecule has 1 aliphatic rings. The Bertz CT molecular complexity index is 948. The SMILES string of the molecule is O=C(NCc1ccc(CN2CCOCC2)cc1)c1ccc(-c2ccc(F)cc2)s1. The number of halogens is 1. The standard InChI is InChI=1S/C23H23FN2O2S/c24-20-7-5-19(6-8-20)21-9-10-22(29-21)23(27)25-15-17-1-3-18(4-2-17)16-26-11-13-28-14-12-26/h1-10H,11-16H2,(H,25,27). The predicted octanol–water partition coefficient (Wildman–Crippen LogP) is 4.32. The van der Waals surface area contributed by atoms with E-state index in [1.165, 1.54) is 29.0 Å². The van der Waals surface area contributed by atoms with E-state index in [9.17, 15) is 9.18 Å². The first-order valence-electron chi connectivity index (χ1n) is 9.69. The molecule has 4 nitrogen and oxygen atoms in total. The zero-order chi connectivity index (χ0) is 20.1. The van der Waals surface area contributed by atoms with Crippen molar-refractivity contribution in [2.45, 2.75) is 13.1 Å². The molecule has 2 aromatic carbocycles. The van der Waals surface area contributed by atoms with Crippen LogP contribution in [0.1, 0.15) is 20.8 Å². The average Bonchev–Trinajstić information content (AvgIpc) is 3.25. The van der Waals surface area contributed by atoms with Crippen LogP contribution < -0.4 is 5.32 Å². The molecule has 4 rings (SSSR count). The number of benzene rings is 2. The van der Waals surface area contributed by atoms with Gasteiger partial charge in [0.05, 0.1) is 18.1 Å². The van der Waals surface area contributed by atoms with Gasteiger partial charge in [-0.1, -0.05) is 36.4 Å². The highest BCUT2D eigenvalue weighted by atomic mass is 32.1. The number of nitrogens with zero attached hydrogens (tertiary/aromatic N) is 1. The van der Waals surface area contributed by atoms with E-state index >= 15 is 0 Å². The van der Waals surface area contributed by atoms with E-state index in [0.717, 1.165) is 48.9 Å². The number of morpholine rings is 1. The number of hydrogen-bond donors (Lipinski definition) is 1. The van der Waals surface area contributed by atoms with E-state index in [1.807, 2.05) is 12.1 Å². The van der Waals surface area contributed by atoms with Crippen molar-refractivity contribution < 1.29 is 13.9 Å². The summed E-state index contributed by atoms with van der Waals surface area (Å²) in [6, 6.07) is 18.4. The molecule has 0 bridgehead atoms. The Hall–Kier alpha value is -2.54. The summed E-state index contributed by atoms with van der Waals surface area (Å²) in [7, 11) is 0. The fraction of sp³-hybridized carbons (Fsp3) is 0.261. The third-order valence-corrected chi connectivity index (χ3v) is 6.08. The van der Waals surface area contributed by atoms with Gasteiger partial charge < -0.3 is 10.1 Å². The van der Waals surface area contributed by atoms with Crippen LogP contribution in [0, 0.1) is 5.82 Å². The molecule has 1 N–H and O–H groups in total. The highest BCUT2D eigenvalue weighted by Crippen LogP contribution is 2.28. The van der Waals surface area contributed by atoms with E-state index in [2.05, 4.69) is 34.5 Å². The number of rotatable bonds is 6. The molecule has 1 fully saturated rings. The number of thiophene rings is 1. The van der Waals surface area contributed by atoms with Crippen LogP contribution in [0.25, 0.3) is 10.4 Å². The van der Waals surface area contributed by atoms with Crippen molar-refractivity contribution in [3.8, 4) is 10.4 Å². The monoisotopic (exact) mass is 410 g/mol. The van der Waals surface area contributed by atoms with E-state index in [4.69, 9.17) is 4.74 Å². The van der Waals surface area contributed by atoms with Crippen molar-refractivity contribution >= 4 is 17.2 Å². The molecule has 0 spiro atoms. The number of hydrogen-bond acceptors (Lipinski definition) is 4. The van der Waals surface area contributed by atoms with Gasteiger partial charge in [0.25, 0.3) is 5.91 Å². The Balaban J connectivity index is 1.30. The second-order valence-electron chi connectivity index (χ2n) is 7.06. The molecule has 2 heterocycles. The lowest BCUT2D eigenvalue weighted by atomic mass is 10.1. The number of ether oxygens (including phenoxy) is 1. The normalized spacial score (nSPS) is 14.7.